The molecule has 2 rings (SSSR count). The predicted octanol–water partition coefficient (Wildman–Crippen LogP) is 1.53. The molecule has 0 amide bonds. The number of methoxy groups -OCH3 is 1. The third kappa shape index (κ3) is 3.14. The smallest absolute Gasteiger partial charge is 0.322 e. The minimum absolute atomic E-state index is 0.261. The van der Waals surface area contributed by atoms with Crippen LogP contribution in [0.5, 0.6) is 6.01 Å². The lowest BCUT2D eigenvalue weighted by atomic mass is 10.2. The average Bonchev–Trinajstić information content (AvgIpc) is 2.76. The van der Waals surface area contributed by atoms with E-state index in [2.05, 4.69) is 30.7 Å². The van der Waals surface area contributed by atoms with Gasteiger partial charge in [-0.3, -0.25) is 0 Å². The average molecular weight is 278 g/mol. The summed E-state index contributed by atoms with van der Waals surface area (Å²) >= 11 is 0. The van der Waals surface area contributed by atoms with Crippen molar-refractivity contribution in [3.63, 3.8) is 0 Å². The van der Waals surface area contributed by atoms with Gasteiger partial charge >= 0.3 is 6.01 Å². The molecule has 0 aliphatic rings. The van der Waals surface area contributed by atoms with Crippen LogP contribution in [0, 0.1) is 13.8 Å². The third-order valence-electron chi connectivity index (χ3n) is 2.74. The molecule has 0 aliphatic carbocycles. The van der Waals surface area contributed by atoms with Crippen LogP contribution in [-0.2, 0) is 6.54 Å². The van der Waals surface area contributed by atoms with Crippen LogP contribution in [0.15, 0.2) is 4.52 Å². The Morgan fingerprint density at radius 1 is 1.10 bits per heavy atom. The van der Waals surface area contributed by atoms with E-state index in [4.69, 9.17) is 9.26 Å². The molecule has 0 spiro atoms. The van der Waals surface area contributed by atoms with Crippen LogP contribution in [0.2, 0.25) is 0 Å². The highest BCUT2D eigenvalue weighted by molar-refractivity contribution is 5.37. The molecule has 0 saturated heterocycles. The van der Waals surface area contributed by atoms with Crippen molar-refractivity contribution in [3.8, 4) is 6.01 Å². The maximum Gasteiger partial charge on any atom is 0.322 e. The molecule has 2 N–H and O–H groups in total. The van der Waals surface area contributed by atoms with Crippen molar-refractivity contribution in [2.45, 2.75) is 27.3 Å². The molecule has 8 nitrogen and oxygen atoms in total. The normalized spacial score (nSPS) is 10.4. The van der Waals surface area contributed by atoms with Gasteiger partial charge in [-0.2, -0.15) is 15.0 Å². The zero-order valence-electron chi connectivity index (χ0n) is 12.0. The van der Waals surface area contributed by atoms with Gasteiger partial charge in [0.15, 0.2) is 0 Å². The van der Waals surface area contributed by atoms with Crippen molar-refractivity contribution in [2.24, 2.45) is 0 Å². The molecule has 0 atom stereocenters. The van der Waals surface area contributed by atoms with E-state index in [1.807, 2.05) is 20.8 Å². The molecule has 108 valence electrons. The van der Waals surface area contributed by atoms with E-state index >= 15 is 0 Å². The van der Waals surface area contributed by atoms with Crippen LogP contribution >= 0.6 is 0 Å². The van der Waals surface area contributed by atoms with E-state index in [1.54, 1.807) is 0 Å². The summed E-state index contributed by atoms with van der Waals surface area (Å²) in [5, 5.41) is 10.0. The van der Waals surface area contributed by atoms with Gasteiger partial charge in [-0.05, 0) is 20.8 Å². The minimum atomic E-state index is 0.261. The second-order valence-corrected chi connectivity index (χ2v) is 4.16. The first-order valence-corrected chi connectivity index (χ1v) is 6.33. The summed E-state index contributed by atoms with van der Waals surface area (Å²) in [6, 6.07) is 0.261. The van der Waals surface area contributed by atoms with Crippen molar-refractivity contribution in [1.82, 2.24) is 20.1 Å². The Bertz CT molecular complexity index is 564. The maximum absolute atomic E-state index is 5.11. The van der Waals surface area contributed by atoms with Gasteiger partial charge in [0.2, 0.25) is 11.9 Å². The van der Waals surface area contributed by atoms with E-state index in [0.717, 1.165) is 23.6 Å². The SMILES string of the molecule is CCNc1nc(NCc2c(C)noc2C)nc(OC)n1. The molecule has 0 unspecified atom stereocenters. The van der Waals surface area contributed by atoms with Crippen LogP contribution in [0.3, 0.4) is 0 Å². The lowest BCUT2D eigenvalue weighted by molar-refractivity contribution is 0.379. The van der Waals surface area contributed by atoms with Gasteiger partial charge < -0.3 is 19.9 Å². The van der Waals surface area contributed by atoms with Crippen LogP contribution in [0.25, 0.3) is 0 Å². The Labute approximate surface area is 117 Å². The summed E-state index contributed by atoms with van der Waals surface area (Å²) < 4.78 is 10.2. The number of anilines is 2. The first-order valence-electron chi connectivity index (χ1n) is 6.33. The molecule has 0 fully saturated rings. The maximum atomic E-state index is 5.11. The second kappa shape index (κ2) is 6.18. The Morgan fingerprint density at radius 2 is 1.80 bits per heavy atom. The molecular weight excluding hydrogens is 260 g/mol. The zero-order valence-corrected chi connectivity index (χ0v) is 12.0. The van der Waals surface area contributed by atoms with Crippen molar-refractivity contribution in [3.05, 3.63) is 17.0 Å². The number of nitrogens with zero attached hydrogens (tertiary/aromatic N) is 4. The summed E-state index contributed by atoms with van der Waals surface area (Å²) in [6.45, 7) is 6.98. The number of aromatic nitrogens is 4. The topological polar surface area (TPSA) is 98.0 Å². The first-order chi connectivity index (χ1) is 9.63. The number of rotatable bonds is 6. The van der Waals surface area contributed by atoms with E-state index in [-0.39, 0.29) is 6.01 Å². The van der Waals surface area contributed by atoms with Crippen LogP contribution in [0.1, 0.15) is 23.9 Å². The van der Waals surface area contributed by atoms with Crippen LogP contribution in [0.4, 0.5) is 11.9 Å². The summed E-state index contributed by atoms with van der Waals surface area (Å²) in [6.07, 6.45) is 0. The monoisotopic (exact) mass is 278 g/mol. The third-order valence-corrected chi connectivity index (χ3v) is 2.74. The van der Waals surface area contributed by atoms with Gasteiger partial charge in [-0.15, -0.1) is 0 Å². The van der Waals surface area contributed by atoms with Gasteiger partial charge in [-0.25, -0.2) is 0 Å². The highest BCUT2D eigenvalue weighted by Crippen LogP contribution is 2.15. The predicted molar refractivity (Wildman–Crippen MR) is 73.8 cm³/mol. The Morgan fingerprint density at radius 3 is 2.35 bits per heavy atom. The van der Waals surface area contributed by atoms with E-state index in [1.165, 1.54) is 7.11 Å². The van der Waals surface area contributed by atoms with Crippen LogP contribution in [-0.4, -0.2) is 33.8 Å². The summed E-state index contributed by atoms with van der Waals surface area (Å²) in [5.41, 5.74) is 1.84. The van der Waals surface area contributed by atoms with Crippen LogP contribution < -0.4 is 15.4 Å². The largest absolute Gasteiger partial charge is 0.467 e. The van der Waals surface area contributed by atoms with Gasteiger partial charge in [0, 0.05) is 18.7 Å². The Kier molecular flexibility index (Phi) is 4.34. The molecule has 8 heteroatoms. The molecule has 2 aromatic rings. The number of aryl methyl sites for hydroxylation is 2. The highest BCUT2D eigenvalue weighted by atomic mass is 16.5. The van der Waals surface area contributed by atoms with E-state index < -0.39 is 0 Å². The fourth-order valence-corrected chi connectivity index (χ4v) is 1.69. The summed E-state index contributed by atoms with van der Waals surface area (Å²) in [5.74, 6) is 1.69. The number of ether oxygens (including phenoxy) is 1. The van der Waals surface area contributed by atoms with E-state index in [0.29, 0.717) is 18.4 Å². The van der Waals surface area contributed by atoms with Gasteiger partial charge in [0.25, 0.3) is 0 Å². The van der Waals surface area contributed by atoms with Crippen molar-refractivity contribution in [2.75, 3.05) is 24.3 Å². The fraction of sp³-hybridized carbons (Fsp3) is 0.500. The first kappa shape index (κ1) is 14.0. The fourth-order valence-electron chi connectivity index (χ4n) is 1.69. The number of hydrogen-bond acceptors (Lipinski definition) is 8. The lowest BCUT2D eigenvalue weighted by Crippen LogP contribution is -2.10. The molecule has 0 aliphatic heterocycles. The highest BCUT2D eigenvalue weighted by Gasteiger charge is 2.11. The summed E-state index contributed by atoms with van der Waals surface area (Å²) in [4.78, 5) is 12.5. The zero-order chi connectivity index (χ0) is 14.5. The molecule has 2 aromatic heterocycles. The molecular formula is C12H18N6O2. The lowest BCUT2D eigenvalue weighted by Gasteiger charge is -2.08. The Hall–Kier alpha value is -2.38. The van der Waals surface area contributed by atoms with Gasteiger partial charge in [0.05, 0.1) is 12.8 Å². The molecule has 2 heterocycles. The molecule has 20 heavy (non-hydrogen) atoms. The minimum Gasteiger partial charge on any atom is -0.467 e. The standard InChI is InChI=1S/C12H18N6O2/c1-5-13-10-15-11(17-12(16-10)19-4)14-6-9-7(2)18-20-8(9)3/h5-6H2,1-4H3,(H2,13,14,15,16,17). The van der Waals surface area contributed by atoms with Crippen molar-refractivity contribution in [1.29, 1.82) is 0 Å². The van der Waals surface area contributed by atoms with Gasteiger partial charge in [-0.1, -0.05) is 5.16 Å². The molecule has 0 saturated carbocycles. The quantitative estimate of drug-likeness (QED) is 0.821. The molecule has 0 aromatic carbocycles. The Balaban J connectivity index is 2.14. The van der Waals surface area contributed by atoms with Gasteiger partial charge in [0.1, 0.15) is 5.76 Å². The number of nitrogens with one attached hydrogen (secondary N) is 2. The van der Waals surface area contributed by atoms with Crippen molar-refractivity contribution >= 4 is 11.9 Å². The summed E-state index contributed by atoms with van der Waals surface area (Å²) in [7, 11) is 1.52. The molecule has 0 radical (unpaired) electrons. The second-order valence-electron chi connectivity index (χ2n) is 4.16. The van der Waals surface area contributed by atoms with E-state index in [9.17, 15) is 0 Å². The number of hydrogen-bond donors (Lipinski definition) is 2. The molecule has 0 bridgehead atoms. The van der Waals surface area contributed by atoms with Crippen molar-refractivity contribution < 1.29 is 9.26 Å².